The van der Waals surface area contributed by atoms with Crippen molar-refractivity contribution in [1.82, 2.24) is 4.98 Å². The Morgan fingerprint density at radius 3 is 2.88 bits per heavy atom. The monoisotopic (exact) mass is 293 g/mol. The summed E-state index contributed by atoms with van der Waals surface area (Å²) < 4.78 is 1.16. The lowest BCUT2D eigenvalue weighted by molar-refractivity contribution is 1.05. The Morgan fingerprint density at radius 2 is 2.19 bits per heavy atom. The van der Waals surface area contributed by atoms with Crippen LogP contribution in [0.1, 0.15) is 30.0 Å². The van der Waals surface area contributed by atoms with Crippen LogP contribution in [0.25, 0.3) is 10.6 Å². The van der Waals surface area contributed by atoms with Crippen LogP contribution in [0.4, 0.5) is 0 Å². The van der Waals surface area contributed by atoms with Crippen molar-refractivity contribution >= 4 is 27.3 Å². The van der Waals surface area contributed by atoms with E-state index in [2.05, 4.69) is 46.4 Å². The zero-order chi connectivity index (χ0) is 11.1. The minimum absolute atomic E-state index is 0.749. The molecule has 1 aromatic carbocycles. The molecule has 0 radical (unpaired) electrons. The molecule has 1 heterocycles. The second kappa shape index (κ2) is 3.97. The van der Waals surface area contributed by atoms with Gasteiger partial charge in [-0.25, -0.2) is 4.98 Å². The maximum Gasteiger partial charge on any atom is 0.123 e. The lowest BCUT2D eigenvalue weighted by atomic mass is 10.2. The molecule has 1 aliphatic rings. The number of nitrogens with zero attached hydrogens (tertiary/aromatic N) is 1. The van der Waals surface area contributed by atoms with E-state index in [4.69, 9.17) is 4.98 Å². The zero-order valence-corrected chi connectivity index (χ0v) is 11.4. The quantitative estimate of drug-likeness (QED) is 0.778. The van der Waals surface area contributed by atoms with Crippen LogP contribution < -0.4 is 0 Å². The first-order valence-corrected chi connectivity index (χ1v) is 7.13. The Balaban J connectivity index is 1.97. The van der Waals surface area contributed by atoms with Crippen LogP contribution in [0.5, 0.6) is 0 Å². The van der Waals surface area contributed by atoms with E-state index in [0.29, 0.717) is 0 Å². The van der Waals surface area contributed by atoms with Crippen molar-refractivity contribution in [2.75, 3.05) is 0 Å². The number of rotatable bonds is 2. The molecular weight excluding hydrogens is 282 g/mol. The average Bonchev–Trinajstić information content (AvgIpc) is 3.01. The third-order valence-corrected chi connectivity index (χ3v) is 4.70. The van der Waals surface area contributed by atoms with Crippen molar-refractivity contribution in [2.24, 2.45) is 0 Å². The van der Waals surface area contributed by atoms with Gasteiger partial charge in [0.2, 0.25) is 0 Å². The van der Waals surface area contributed by atoms with E-state index in [1.54, 1.807) is 11.3 Å². The molecule has 1 aliphatic carbocycles. The molecular formula is C13H12BrNS. The third kappa shape index (κ3) is 1.94. The zero-order valence-electron chi connectivity index (χ0n) is 9.03. The standard InChI is InChI=1S/C13H12BrNS/c1-8-2-3-10(6-11(8)14)13-15-12(7-16-13)9-4-5-9/h2-3,6-7,9H,4-5H2,1H3. The van der Waals surface area contributed by atoms with Crippen LogP contribution >= 0.6 is 27.3 Å². The Hall–Kier alpha value is -0.670. The van der Waals surface area contributed by atoms with Crippen LogP contribution in [0.15, 0.2) is 28.1 Å². The highest BCUT2D eigenvalue weighted by Gasteiger charge is 2.26. The number of halogens is 1. The fourth-order valence-corrected chi connectivity index (χ4v) is 2.99. The van der Waals surface area contributed by atoms with E-state index in [1.807, 2.05) is 0 Å². The molecule has 0 unspecified atom stereocenters. The van der Waals surface area contributed by atoms with Gasteiger partial charge in [-0.2, -0.15) is 0 Å². The molecule has 3 heteroatoms. The molecule has 82 valence electrons. The summed E-state index contributed by atoms with van der Waals surface area (Å²) in [5, 5.41) is 3.35. The Kier molecular flexibility index (Phi) is 2.60. The first-order chi connectivity index (χ1) is 7.74. The second-order valence-corrected chi connectivity index (χ2v) is 6.03. The maximum atomic E-state index is 4.71. The van der Waals surface area contributed by atoms with E-state index >= 15 is 0 Å². The molecule has 2 aromatic rings. The highest BCUT2D eigenvalue weighted by Crippen LogP contribution is 2.41. The van der Waals surface area contributed by atoms with Gasteiger partial charge in [-0.3, -0.25) is 0 Å². The molecule has 1 saturated carbocycles. The smallest absolute Gasteiger partial charge is 0.123 e. The van der Waals surface area contributed by atoms with E-state index in [9.17, 15) is 0 Å². The number of hydrogen-bond donors (Lipinski definition) is 0. The fourth-order valence-electron chi connectivity index (χ4n) is 1.71. The van der Waals surface area contributed by atoms with Gasteiger partial charge >= 0.3 is 0 Å². The molecule has 0 saturated heterocycles. The minimum atomic E-state index is 0.749. The Labute approximate surface area is 108 Å². The van der Waals surface area contributed by atoms with E-state index in [1.165, 1.54) is 29.7 Å². The van der Waals surface area contributed by atoms with Crippen LogP contribution in [0, 0.1) is 6.92 Å². The highest BCUT2D eigenvalue weighted by molar-refractivity contribution is 9.10. The van der Waals surface area contributed by atoms with Gasteiger partial charge in [0, 0.05) is 21.3 Å². The van der Waals surface area contributed by atoms with Crippen molar-refractivity contribution in [3.8, 4) is 10.6 Å². The predicted molar refractivity (Wildman–Crippen MR) is 72.0 cm³/mol. The number of thiazole rings is 1. The number of hydrogen-bond acceptors (Lipinski definition) is 2. The van der Waals surface area contributed by atoms with Crippen molar-refractivity contribution in [1.29, 1.82) is 0 Å². The molecule has 0 bridgehead atoms. The highest BCUT2D eigenvalue weighted by atomic mass is 79.9. The van der Waals surface area contributed by atoms with Gasteiger partial charge in [-0.1, -0.05) is 28.1 Å². The molecule has 0 atom stereocenters. The van der Waals surface area contributed by atoms with Gasteiger partial charge in [0.05, 0.1) is 5.69 Å². The van der Waals surface area contributed by atoms with Gasteiger partial charge in [-0.05, 0) is 31.4 Å². The Bertz CT molecular complexity index is 528. The molecule has 1 fully saturated rings. The van der Waals surface area contributed by atoms with Crippen molar-refractivity contribution in [2.45, 2.75) is 25.7 Å². The lowest BCUT2D eigenvalue weighted by Crippen LogP contribution is -1.82. The molecule has 0 amide bonds. The van der Waals surface area contributed by atoms with Crippen LogP contribution in [0.3, 0.4) is 0 Å². The summed E-state index contributed by atoms with van der Waals surface area (Å²) in [5.41, 5.74) is 3.77. The van der Waals surface area contributed by atoms with Crippen molar-refractivity contribution in [3.63, 3.8) is 0 Å². The van der Waals surface area contributed by atoms with E-state index < -0.39 is 0 Å². The maximum absolute atomic E-state index is 4.71. The molecule has 16 heavy (non-hydrogen) atoms. The lowest BCUT2D eigenvalue weighted by Gasteiger charge is -2.00. The predicted octanol–water partition coefficient (Wildman–Crippen LogP) is 4.76. The van der Waals surface area contributed by atoms with Crippen LogP contribution in [-0.2, 0) is 0 Å². The molecule has 0 spiro atoms. The van der Waals surface area contributed by atoms with Crippen molar-refractivity contribution < 1.29 is 0 Å². The summed E-state index contributed by atoms with van der Waals surface area (Å²) >= 11 is 5.32. The summed E-state index contributed by atoms with van der Waals surface area (Å²) in [7, 11) is 0. The van der Waals surface area contributed by atoms with Gasteiger partial charge < -0.3 is 0 Å². The van der Waals surface area contributed by atoms with Crippen LogP contribution in [-0.4, -0.2) is 4.98 Å². The number of benzene rings is 1. The second-order valence-electron chi connectivity index (χ2n) is 4.32. The molecule has 0 N–H and O–H groups in total. The largest absolute Gasteiger partial charge is 0.241 e. The van der Waals surface area contributed by atoms with Gasteiger partial charge in [-0.15, -0.1) is 11.3 Å². The van der Waals surface area contributed by atoms with Gasteiger partial charge in [0.25, 0.3) is 0 Å². The SMILES string of the molecule is Cc1ccc(-c2nc(C3CC3)cs2)cc1Br. The summed E-state index contributed by atoms with van der Waals surface area (Å²) in [4.78, 5) is 4.71. The van der Waals surface area contributed by atoms with Gasteiger partial charge in [0.1, 0.15) is 5.01 Å². The fraction of sp³-hybridized carbons (Fsp3) is 0.308. The van der Waals surface area contributed by atoms with E-state index in [-0.39, 0.29) is 0 Å². The summed E-state index contributed by atoms with van der Waals surface area (Å²) in [6.07, 6.45) is 2.64. The molecule has 3 rings (SSSR count). The average molecular weight is 294 g/mol. The van der Waals surface area contributed by atoms with Crippen LogP contribution in [0.2, 0.25) is 0 Å². The number of aryl methyl sites for hydroxylation is 1. The summed E-state index contributed by atoms with van der Waals surface area (Å²) in [5.74, 6) is 0.749. The third-order valence-electron chi connectivity index (χ3n) is 2.94. The molecule has 0 aliphatic heterocycles. The first kappa shape index (κ1) is 10.5. The van der Waals surface area contributed by atoms with Crippen molar-refractivity contribution in [3.05, 3.63) is 39.3 Å². The van der Waals surface area contributed by atoms with E-state index in [0.717, 1.165) is 15.4 Å². The summed E-state index contributed by atoms with van der Waals surface area (Å²) in [6, 6.07) is 6.44. The first-order valence-electron chi connectivity index (χ1n) is 5.46. The minimum Gasteiger partial charge on any atom is -0.241 e. The molecule has 1 nitrogen and oxygen atoms in total. The van der Waals surface area contributed by atoms with Gasteiger partial charge in [0.15, 0.2) is 0 Å². The Morgan fingerprint density at radius 1 is 1.38 bits per heavy atom. The topological polar surface area (TPSA) is 12.9 Å². The number of aromatic nitrogens is 1. The normalized spacial score (nSPS) is 15.4. The summed E-state index contributed by atoms with van der Waals surface area (Å²) in [6.45, 7) is 2.10. The molecule has 1 aromatic heterocycles.